The highest BCUT2D eigenvalue weighted by Crippen LogP contribution is 2.29. The van der Waals surface area contributed by atoms with Gasteiger partial charge in [-0.3, -0.25) is 4.90 Å². The SMILES string of the molecule is c1ccc(-c2cnc([C@@H]3COCCN3C3CCNCC3)[nH]2)cc1. The van der Waals surface area contributed by atoms with E-state index in [0.29, 0.717) is 6.04 Å². The molecule has 2 aliphatic rings. The summed E-state index contributed by atoms with van der Waals surface area (Å²) in [5.41, 5.74) is 2.26. The minimum atomic E-state index is 0.240. The highest BCUT2D eigenvalue weighted by molar-refractivity contribution is 5.58. The van der Waals surface area contributed by atoms with Crippen molar-refractivity contribution >= 4 is 0 Å². The van der Waals surface area contributed by atoms with Crippen molar-refractivity contribution < 1.29 is 4.74 Å². The molecule has 2 fully saturated rings. The first-order chi connectivity index (χ1) is 11.4. The molecule has 5 nitrogen and oxygen atoms in total. The molecule has 1 aromatic heterocycles. The van der Waals surface area contributed by atoms with E-state index in [1.54, 1.807) is 0 Å². The quantitative estimate of drug-likeness (QED) is 0.912. The fourth-order valence-electron chi connectivity index (χ4n) is 3.70. The number of nitrogens with one attached hydrogen (secondary N) is 2. The summed E-state index contributed by atoms with van der Waals surface area (Å²) in [6.07, 6.45) is 4.37. The first-order valence-electron chi connectivity index (χ1n) is 8.56. The van der Waals surface area contributed by atoms with Crippen molar-refractivity contribution in [2.75, 3.05) is 32.8 Å². The van der Waals surface area contributed by atoms with Gasteiger partial charge in [-0.15, -0.1) is 0 Å². The smallest absolute Gasteiger partial charge is 0.126 e. The number of benzene rings is 1. The van der Waals surface area contributed by atoms with Crippen LogP contribution in [0.25, 0.3) is 11.3 Å². The van der Waals surface area contributed by atoms with Crippen molar-refractivity contribution in [2.24, 2.45) is 0 Å². The first-order valence-corrected chi connectivity index (χ1v) is 8.56. The Balaban J connectivity index is 1.56. The van der Waals surface area contributed by atoms with E-state index in [1.807, 2.05) is 12.3 Å². The molecule has 0 aliphatic carbocycles. The molecular weight excluding hydrogens is 288 g/mol. The van der Waals surface area contributed by atoms with Crippen LogP contribution in [0.5, 0.6) is 0 Å². The van der Waals surface area contributed by atoms with Crippen molar-refractivity contribution in [2.45, 2.75) is 24.9 Å². The predicted octanol–water partition coefficient (Wildman–Crippen LogP) is 2.20. The maximum Gasteiger partial charge on any atom is 0.126 e. The zero-order valence-corrected chi connectivity index (χ0v) is 13.4. The molecule has 23 heavy (non-hydrogen) atoms. The molecule has 0 radical (unpaired) electrons. The summed E-state index contributed by atoms with van der Waals surface area (Å²) in [6, 6.07) is 11.2. The number of H-pyrrole nitrogens is 1. The number of morpholine rings is 1. The number of hydrogen-bond donors (Lipinski definition) is 2. The summed E-state index contributed by atoms with van der Waals surface area (Å²) in [7, 11) is 0. The van der Waals surface area contributed by atoms with E-state index in [4.69, 9.17) is 4.74 Å². The minimum Gasteiger partial charge on any atom is -0.378 e. The molecule has 1 atom stereocenters. The van der Waals surface area contributed by atoms with Gasteiger partial charge < -0.3 is 15.0 Å². The predicted molar refractivity (Wildman–Crippen MR) is 90.2 cm³/mol. The van der Waals surface area contributed by atoms with Crippen molar-refractivity contribution in [1.29, 1.82) is 0 Å². The van der Waals surface area contributed by atoms with Gasteiger partial charge in [-0.25, -0.2) is 4.98 Å². The van der Waals surface area contributed by atoms with E-state index >= 15 is 0 Å². The number of imidazole rings is 1. The summed E-state index contributed by atoms with van der Waals surface area (Å²) in [5.74, 6) is 1.03. The average Bonchev–Trinajstić information content (AvgIpc) is 3.13. The van der Waals surface area contributed by atoms with Crippen molar-refractivity contribution in [3.63, 3.8) is 0 Å². The second-order valence-electron chi connectivity index (χ2n) is 6.36. The Morgan fingerprint density at radius 3 is 2.78 bits per heavy atom. The third kappa shape index (κ3) is 3.17. The standard InChI is InChI=1S/C18H24N4O/c1-2-4-14(5-3-1)16-12-20-18(21-16)17-13-23-11-10-22(17)15-6-8-19-9-7-15/h1-5,12,15,17,19H,6-11,13H2,(H,20,21)/t17-/m0/s1. The van der Waals surface area contributed by atoms with Crippen LogP contribution in [0, 0.1) is 0 Å². The fraction of sp³-hybridized carbons (Fsp3) is 0.500. The number of ether oxygens (including phenoxy) is 1. The molecule has 2 N–H and O–H groups in total. The fourth-order valence-corrected chi connectivity index (χ4v) is 3.70. The molecule has 3 heterocycles. The largest absolute Gasteiger partial charge is 0.378 e. The van der Waals surface area contributed by atoms with Crippen molar-refractivity contribution in [1.82, 2.24) is 20.2 Å². The van der Waals surface area contributed by atoms with Gasteiger partial charge >= 0.3 is 0 Å². The van der Waals surface area contributed by atoms with E-state index in [9.17, 15) is 0 Å². The van der Waals surface area contributed by atoms with Crippen LogP contribution in [-0.4, -0.2) is 53.8 Å². The molecule has 1 aromatic carbocycles. The Kier molecular flexibility index (Phi) is 4.41. The number of hydrogen-bond acceptors (Lipinski definition) is 4. The van der Waals surface area contributed by atoms with Crippen LogP contribution in [0.15, 0.2) is 36.5 Å². The molecule has 5 heteroatoms. The summed E-state index contributed by atoms with van der Waals surface area (Å²) in [4.78, 5) is 10.8. The molecule has 4 rings (SSSR count). The Morgan fingerprint density at radius 1 is 1.13 bits per heavy atom. The van der Waals surface area contributed by atoms with Gasteiger partial charge in [0.05, 0.1) is 31.1 Å². The minimum absolute atomic E-state index is 0.240. The van der Waals surface area contributed by atoms with Crippen molar-refractivity contribution in [3.8, 4) is 11.3 Å². The highest BCUT2D eigenvalue weighted by Gasteiger charge is 2.32. The molecule has 0 saturated carbocycles. The number of piperidine rings is 1. The van der Waals surface area contributed by atoms with Gasteiger partial charge in [-0.05, 0) is 31.5 Å². The van der Waals surface area contributed by atoms with Crippen LogP contribution >= 0.6 is 0 Å². The third-order valence-corrected chi connectivity index (χ3v) is 4.94. The zero-order valence-electron chi connectivity index (χ0n) is 13.4. The van der Waals surface area contributed by atoms with Gasteiger partial charge in [-0.1, -0.05) is 30.3 Å². The summed E-state index contributed by atoms with van der Waals surface area (Å²) >= 11 is 0. The van der Waals surface area contributed by atoms with Crippen LogP contribution in [0.2, 0.25) is 0 Å². The van der Waals surface area contributed by atoms with Crippen LogP contribution in [0.4, 0.5) is 0 Å². The van der Waals surface area contributed by atoms with Gasteiger partial charge in [0.2, 0.25) is 0 Å². The van der Waals surface area contributed by atoms with Crippen LogP contribution in [0.1, 0.15) is 24.7 Å². The molecule has 0 amide bonds. The first kappa shape index (κ1) is 14.9. The summed E-state index contributed by atoms with van der Waals surface area (Å²) in [5, 5.41) is 3.45. The number of aromatic amines is 1. The maximum atomic E-state index is 5.76. The molecule has 122 valence electrons. The van der Waals surface area contributed by atoms with E-state index in [1.165, 1.54) is 18.4 Å². The second-order valence-corrected chi connectivity index (χ2v) is 6.36. The monoisotopic (exact) mass is 312 g/mol. The van der Waals surface area contributed by atoms with Crippen LogP contribution in [0.3, 0.4) is 0 Å². The lowest BCUT2D eigenvalue weighted by Crippen LogP contribution is -2.49. The van der Waals surface area contributed by atoms with E-state index < -0.39 is 0 Å². The van der Waals surface area contributed by atoms with Gasteiger partial charge in [0.1, 0.15) is 5.82 Å². The summed E-state index contributed by atoms with van der Waals surface area (Å²) < 4.78 is 5.76. The van der Waals surface area contributed by atoms with Crippen molar-refractivity contribution in [3.05, 3.63) is 42.4 Å². The number of rotatable bonds is 3. The Hall–Kier alpha value is -1.69. The number of aromatic nitrogens is 2. The molecule has 0 bridgehead atoms. The second kappa shape index (κ2) is 6.83. The normalized spacial score (nSPS) is 23.9. The maximum absolute atomic E-state index is 5.76. The topological polar surface area (TPSA) is 53.2 Å². The van der Waals surface area contributed by atoms with E-state index in [2.05, 4.69) is 44.5 Å². The molecule has 0 spiro atoms. The molecule has 0 unspecified atom stereocenters. The Labute approximate surface area is 137 Å². The lowest BCUT2D eigenvalue weighted by atomic mass is 10.0. The third-order valence-electron chi connectivity index (χ3n) is 4.94. The average molecular weight is 312 g/mol. The molecule has 2 aromatic rings. The van der Waals surface area contributed by atoms with Crippen LogP contribution in [-0.2, 0) is 4.74 Å². The van der Waals surface area contributed by atoms with Gasteiger partial charge in [-0.2, -0.15) is 0 Å². The van der Waals surface area contributed by atoms with E-state index in [-0.39, 0.29) is 6.04 Å². The van der Waals surface area contributed by atoms with Gasteiger partial charge in [0, 0.05) is 12.6 Å². The molecular formula is C18H24N4O. The Morgan fingerprint density at radius 2 is 1.96 bits per heavy atom. The lowest BCUT2D eigenvalue weighted by molar-refractivity contribution is -0.0387. The summed E-state index contributed by atoms with van der Waals surface area (Å²) in [6.45, 7) is 4.78. The molecule has 2 aliphatic heterocycles. The van der Waals surface area contributed by atoms with Gasteiger partial charge in [0.15, 0.2) is 0 Å². The van der Waals surface area contributed by atoms with Crippen LogP contribution < -0.4 is 5.32 Å². The molecule has 2 saturated heterocycles. The number of nitrogens with zero attached hydrogens (tertiary/aromatic N) is 2. The van der Waals surface area contributed by atoms with E-state index in [0.717, 1.165) is 44.4 Å². The lowest BCUT2D eigenvalue weighted by Gasteiger charge is -2.41. The highest BCUT2D eigenvalue weighted by atomic mass is 16.5. The van der Waals surface area contributed by atoms with Gasteiger partial charge in [0.25, 0.3) is 0 Å². The zero-order chi connectivity index (χ0) is 15.5. The Bertz CT molecular complexity index is 621.